The fraction of sp³-hybridized carbons (Fsp3) is 0.571. The Balaban J connectivity index is 2.00. The molecule has 0 saturated carbocycles. The van der Waals surface area contributed by atoms with Crippen molar-refractivity contribution < 1.29 is 9.53 Å². The lowest BCUT2D eigenvalue weighted by atomic mass is 10.1. The first-order chi connectivity index (χ1) is 9.47. The van der Waals surface area contributed by atoms with E-state index in [9.17, 15) is 4.79 Å². The largest absolute Gasteiger partial charge is 0.373 e. The fourth-order valence-electron chi connectivity index (χ4n) is 2.42. The zero-order valence-corrected chi connectivity index (χ0v) is 12.7. The summed E-state index contributed by atoms with van der Waals surface area (Å²) in [5.41, 5.74) is 0.542. The van der Waals surface area contributed by atoms with E-state index < -0.39 is 0 Å². The smallest absolute Gasteiger partial charge is 0.241 e. The number of carbonyl (C=O) groups is 1. The summed E-state index contributed by atoms with van der Waals surface area (Å²) in [6, 6.07) is 3.25. The number of carbonyl (C=O) groups excluding carboxylic acids is 1. The molecule has 1 aliphatic heterocycles. The lowest BCUT2D eigenvalue weighted by molar-refractivity contribution is -0.126. The summed E-state index contributed by atoms with van der Waals surface area (Å²) < 4.78 is 5.68. The summed E-state index contributed by atoms with van der Waals surface area (Å²) in [4.78, 5) is 18.4. The van der Waals surface area contributed by atoms with Gasteiger partial charge in [0.15, 0.2) is 5.15 Å². The van der Waals surface area contributed by atoms with Crippen LogP contribution in [0.15, 0.2) is 18.3 Å². The van der Waals surface area contributed by atoms with E-state index in [2.05, 4.69) is 15.2 Å². The number of anilines is 1. The van der Waals surface area contributed by atoms with E-state index in [4.69, 9.17) is 16.3 Å². The number of rotatable bonds is 3. The van der Waals surface area contributed by atoms with Crippen LogP contribution in [0.25, 0.3) is 0 Å². The van der Waals surface area contributed by atoms with E-state index in [0.29, 0.717) is 10.8 Å². The fourth-order valence-corrected chi connectivity index (χ4v) is 2.58. The summed E-state index contributed by atoms with van der Waals surface area (Å²) in [5, 5.41) is 3.12. The second-order valence-electron chi connectivity index (χ2n) is 5.22. The van der Waals surface area contributed by atoms with Gasteiger partial charge in [0.1, 0.15) is 0 Å². The molecule has 1 aromatic rings. The van der Waals surface area contributed by atoms with Gasteiger partial charge in [0, 0.05) is 19.3 Å². The zero-order valence-electron chi connectivity index (χ0n) is 12.0. The molecule has 3 atom stereocenters. The van der Waals surface area contributed by atoms with Crippen LogP contribution in [0.4, 0.5) is 5.69 Å². The second kappa shape index (κ2) is 6.52. The first kappa shape index (κ1) is 15.2. The van der Waals surface area contributed by atoms with Crippen molar-refractivity contribution in [3.05, 3.63) is 23.5 Å². The van der Waals surface area contributed by atoms with Crippen molar-refractivity contribution in [2.24, 2.45) is 0 Å². The Hall–Kier alpha value is -1.17. The first-order valence-electron chi connectivity index (χ1n) is 6.78. The van der Waals surface area contributed by atoms with Gasteiger partial charge in [-0.05, 0) is 32.9 Å². The summed E-state index contributed by atoms with van der Waals surface area (Å²) in [5.74, 6) is -0.0822. The quantitative estimate of drug-likeness (QED) is 0.869. The van der Waals surface area contributed by atoms with Crippen molar-refractivity contribution in [1.82, 2.24) is 9.88 Å². The van der Waals surface area contributed by atoms with Gasteiger partial charge >= 0.3 is 0 Å². The molecule has 0 spiro atoms. The second-order valence-corrected chi connectivity index (χ2v) is 5.58. The van der Waals surface area contributed by atoms with Crippen LogP contribution in [0.5, 0.6) is 0 Å². The lowest BCUT2D eigenvalue weighted by Crippen LogP contribution is -2.52. The molecule has 0 aromatic carbocycles. The van der Waals surface area contributed by atoms with Crippen molar-refractivity contribution >= 4 is 23.2 Å². The standard InChI is InChI=1S/C14H20ClN3O2/c1-9-7-18(8-10(2)20-9)11(3)14(19)17-12-5-4-6-16-13(12)15/h4-6,9-11H,7-8H2,1-3H3,(H,17,19)/t9-,10+,11-/m1/s1. The van der Waals surface area contributed by atoms with Gasteiger partial charge in [-0.3, -0.25) is 9.69 Å². The highest BCUT2D eigenvalue weighted by atomic mass is 35.5. The molecule has 6 heteroatoms. The predicted molar refractivity (Wildman–Crippen MR) is 78.9 cm³/mol. The van der Waals surface area contributed by atoms with E-state index in [1.807, 2.05) is 20.8 Å². The molecule has 5 nitrogen and oxygen atoms in total. The Labute approximate surface area is 124 Å². The number of nitrogens with zero attached hydrogens (tertiary/aromatic N) is 2. The van der Waals surface area contributed by atoms with E-state index in [0.717, 1.165) is 13.1 Å². The minimum absolute atomic E-state index is 0.0822. The molecule has 1 aliphatic rings. The lowest BCUT2D eigenvalue weighted by Gasteiger charge is -2.38. The third-order valence-corrected chi connectivity index (χ3v) is 3.69. The molecule has 1 amide bonds. The van der Waals surface area contributed by atoms with Crippen LogP contribution in [0.2, 0.25) is 5.15 Å². The molecular weight excluding hydrogens is 278 g/mol. The molecule has 110 valence electrons. The first-order valence-corrected chi connectivity index (χ1v) is 7.16. The van der Waals surface area contributed by atoms with Crippen LogP contribution in [0, 0.1) is 0 Å². The highest BCUT2D eigenvalue weighted by Gasteiger charge is 2.29. The number of ether oxygens (including phenoxy) is 1. The van der Waals surface area contributed by atoms with Crippen molar-refractivity contribution in [1.29, 1.82) is 0 Å². The van der Waals surface area contributed by atoms with Crippen LogP contribution in [-0.2, 0) is 9.53 Å². The zero-order chi connectivity index (χ0) is 14.7. The maximum Gasteiger partial charge on any atom is 0.241 e. The number of halogens is 1. The average molecular weight is 298 g/mol. The van der Waals surface area contributed by atoms with Gasteiger partial charge in [0.25, 0.3) is 0 Å². The summed E-state index contributed by atoms with van der Waals surface area (Å²) in [6.07, 6.45) is 1.86. The number of hydrogen-bond acceptors (Lipinski definition) is 4. The van der Waals surface area contributed by atoms with E-state index >= 15 is 0 Å². The van der Waals surface area contributed by atoms with Crippen LogP contribution in [0.1, 0.15) is 20.8 Å². The summed E-state index contributed by atoms with van der Waals surface area (Å²) >= 11 is 5.95. The molecule has 0 aliphatic carbocycles. The minimum atomic E-state index is -0.236. The Bertz CT molecular complexity index is 473. The molecule has 2 rings (SSSR count). The minimum Gasteiger partial charge on any atom is -0.373 e. The Kier molecular flexibility index (Phi) is 4.96. The Morgan fingerprint density at radius 3 is 2.75 bits per heavy atom. The van der Waals surface area contributed by atoms with Crippen LogP contribution in [0.3, 0.4) is 0 Å². The third-order valence-electron chi connectivity index (χ3n) is 3.39. The predicted octanol–water partition coefficient (Wildman–Crippen LogP) is 2.17. The molecule has 2 heterocycles. The average Bonchev–Trinajstić information content (AvgIpc) is 2.39. The van der Waals surface area contributed by atoms with E-state index in [1.165, 1.54) is 0 Å². The molecule has 1 N–H and O–H groups in total. The Morgan fingerprint density at radius 1 is 1.50 bits per heavy atom. The highest BCUT2D eigenvalue weighted by molar-refractivity contribution is 6.32. The molecule has 0 bridgehead atoms. The number of aromatic nitrogens is 1. The van der Waals surface area contributed by atoms with E-state index in [-0.39, 0.29) is 24.2 Å². The van der Waals surface area contributed by atoms with Crippen LogP contribution in [-0.4, -0.2) is 47.1 Å². The monoisotopic (exact) mass is 297 g/mol. The number of nitrogens with one attached hydrogen (secondary N) is 1. The number of amides is 1. The van der Waals surface area contributed by atoms with Gasteiger partial charge in [-0.1, -0.05) is 11.6 Å². The van der Waals surface area contributed by atoms with Crippen molar-refractivity contribution in [2.45, 2.75) is 39.0 Å². The molecule has 1 fully saturated rings. The molecule has 0 radical (unpaired) electrons. The Morgan fingerprint density at radius 2 is 2.15 bits per heavy atom. The summed E-state index contributed by atoms with van der Waals surface area (Å²) in [6.45, 7) is 7.43. The normalized spacial score (nSPS) is 25.2. The van der Waals surface area contributed by atoms with Gasteiger partial charge in [0.2, 0.25) is 5.91 Å². The van der Waals surface area contributed by atoms with Crippen molar-refractivity contribution in [2.75, 3.05) is 18.4 Å². The van der Waals surface area contributed by atoms with Gasteiger partial charge in [-0.2, -0.15) is 0 Å². The SMILES string of the molecule is C[C@@H]1CN([C@H](C)C(=O)Nc2cccnc2Cl)C[C@H](C)O1. The number of pyridine rings is 1. The van der Waals surface area contributed by atoms with E-state index in [1.54, 1.807) is 18.3 Å². The van der Waals surface area contributed by atoms with Crippen LogP contribution >= 0.6 is 11.6 Å². The molecule has 1 aromatic heterocycles. The molecule has 1 saturated heterocycles. The summed E-state index contributed by atoms with van der Waals surface area (Å²) in [7, 11) is 0. The molecule has 0 unspecified atom stereocenters. The van der Waals surface area contributed by atoms with Gasteiger partial charge < -0.3 is 10.1 Å². The van der Waals surface area contributed by atoms with Crippen LogP contribution < -0.4 is 5.32 Å². The maximum atomic E-state index is 12.3. The third kappa shape index (κ3) is 3.69. The molecular formula is C14H20ClN3O2. The topological polar surface area (TPSA) is 54.5 Å². The number of hydrogen-bond donors (Lipinski definition) is 1. The van der Waals surface area contributed by atoms with Crippen molar-refractivity contribution in [3.63, 3.8) is 0 Å². The van der Waals surface area contributed by atoms with Gasteiger partial charge in [0.05, 0.1) is 23.9 Å². The maximum absolute atomic E-state index is 12.3. The van der Waals surface area contributed by atoms with Crippen molar-refractivity contribution in [3.8, 4) is 0 Å². The van der Waals surface area contributed by atoms with Gasteiger partial charge in [-0.25, -0.2) is 4.98 Å². The highest BCUT2D eigenvalue weighted by Crippen LogP contribution is 2.19. The van der Waals surface area contributed by atoms with Gasteiger partial charge in [-0.15, -0.1) is 0 Å². The number of morpholine rings is 1. The molecule has 20 heavy (non-hydrogen) atoms.